The summed E-state index contributed by atoms with van der Waals surface area (Å²) in [5.74, 6) is 0.184. The Hall–Kier alpha value is -1.97. The second-order valence-electron chi connectivity index (χ2n) is 7.60. The number of para-hydroxylation sites is 2. The van der Waals surface area contributed by atoms with Crippen molar-refractivity contribution in [3.05, 3.63) is 70.4 Å². The van der Waals surface area contributed by atoms with Gasteiger partial charge in [0.25, 0.3) is 0 Å². The quantitative estimate of drug-likeness (QED) is 0.630. The van der Waals surface area contributed by atoms with Crippen LogP contribution in [0.5, 0.6) is 0 Å². The summed E-state index contributed by atoms with van der Waals surface area (Å²) in [6.07, 6.45) is 1.39. The van der Waals surface area contributed by atoms with E-state index in [9.17, 15) is 4.79 Å². The first-order valence-electron chi connectivity index (χ1n) is 8.58. The van der Waals surface area contributed by atoms with Gasteiger partial charge in [0.15, 0.2) is 5.78 Å². The summed E-state index contributed by atoms with van der Waals surface area (Å²) in [4.78, 5) is 13.1. The van der Waals surface area contributed by atoms with Gasteiger partial charge in [-0.05, 0) is 35.6 Å². The average molecular weight is 389 g/mol. The van der Waals surface area contributed by atoms with Crippen molar-refractivity contribution in [3.63, 3.8) is 0 Å². The summed E-state index contributed by atoms with van der Waals surface area (Å²) in [6, 6.07) is 15.6. The predicted octanol–water partition coefficient (Wildman–Crippen LogP) is 5.98. The molecule has 1 heterocycles. The number of benzene rings is 2. The molecule has 0 fully saturated rings. The highest BCUT2D eigenvalue weighted by Gasteiger charge is 2.39. The molecule has 0 aromatic heterocycles. The number of carbonyl (C=O) groups excluding carboxylic acids is 1. The molecule has 1 atom stereocenters. The third-order valence-electron chi connectivity index (χ3n) is 4.94. The molecule has 1 aliphatic heterocycles. The van der Waals surface area contributed by atoms with E-state index in [1.807, 2.05) is 48.5 Å². The van der Waals surface area contributed by atoms with E-state index in [1.54, 1.807) is 0 Å². The van der Waals surface area contributed by atoms with Gasteiger partial charge < -0.3 is 10.6 Å². The van der Waals surface area contributed by atoms with Crippen LogP contribution in [-0.4, -0.2) is 5.78 Å². The molecule has 0 saturated heterocycles. The van der Waals surface area contributed by atoms with E-state index in [0.29, 0.717) is 11.4 Å². The van der Waals surface area contributed by atoms with Gasteiger partial charge in [0, 0.05) is 22.7 Å². The Balaban J connectivity index is 0.00000196. The monoisotopic (exact) mass is 388 g/mol. The van der Waals surface area contributed by atoms with Crippen LogP contribution in [0.1, 0.15) is 38.3 Å². The van der Waals surface area contributed by atoms with Gasteiger partial charge in [-0.2, -0.15) is 0 Å². The van der Waals surface area contributed by atoms with Crippen LogP contribution in [0.2, 0.25) is 5.02 Å². The van der Waals surface area contributed by atoms with Gasteiger partial charge in [-0.25, -0.2) is 0 Å². The maximum atomic E-state index is 13.1. The molecule has 2 N–H and O–H groups in total. The minimum absolute atomic E-state index is 0. The third-order valence-corrected chi connectivity index (χ3v) is 5.28. The molecular formula is C21H22Cl2N2O. The minimum Gasteiger partial charge on any atom is -0.372 e. The summed E-state index contributed by atoms with van der Waals surface area (Å²) < 4.78 is 0. The van der Waals surface area contributed by atoms with Gasteiger partial charge in [-0.3, -0.25) is 4.79 Å². The highest BCUT2D eigenvalue weighted by molar-refractivity contribution is 6.31. The van der Waals surface area contributed by atoms with Gasteiger partial charge in [0.05, 0.1) is 17.4 Å². The van der Waals surface area contributed by atoms with Crippen LogP contribution in [-0.2, 0) is 4.79 Å². The number of hydrogen-bond donors (Lipinski definition) is 2. The highest BCUT2D eigenvalue weighted by Crippen LogP contribution is 2.46. The number of Topliss-reactive ketones (excluding diaryl/α,β-unsaturated/α-hetero) is 1. The molecule has 2 aliphatic rings. The van der Waals surface area contributed by atoms with Crippen LogP contribution >= 0.6 is 24.0 Å². The normalized spacial score (nSPS) is 20.7. The number of hydrogen-bond acceptors (Lipinski definition) is 3. The zero-order chi connectivity index (χ0) is 17.6. The van der Waals surface area contributed by atoms with Crippen molar-refractivity contribution < 1.29 is 4.79 Å². The van der Waals surface area contributed by atoms with Crippen molar-refractivity contribution in [2.75, 3.05) is 10.6 Å². The summed E-state index contributed by atoms with van der Waals surface area (Å²) in [5, 5.41) is 7.74. The Morgan fingerprint density at radius 2 is 1.65 bits per heavy atom. The van der Waals surface area contributed by atoms with E-state index in [0.717, 1.165) is 34.6 Å². The lowest BCUT2D eigenvalue weighted by Gasteiger charge is -2.34. The molecule has 2 aromatic rings. The van der Waals surface area contributed by atoms with Crippen LogP contribution in [0, 0.1) is 5.41 Å². The Kier molecular flexibility index (Phi) is 5.05. The number of anilines is 2. The number of halogens is 2. The first-order chi connectivity index (χ1) is 11.9. The zero-order valence-corrected chi connectivity index (χ0v) is 16.4. The maximum absolute atomic E-state index is 13.1. The lowest BCUT2D eigenvalue weighted by atomic mass is 9.73. The summed E-state index contributed by atoms with van der Waals surface area (Å²) in [7, 11) is 0. The standard InChI is InChI=1S/C21H21ClN2O.ClH/c1-21(2)11-17-19(18(25)12-21)20(13-7-3-4-8-14(13)22)24-16-10-6-5-9-15(16)23-17;/h3-10,20,23-24H,11-12H2,1-2H3;1H. The van der Waals surface area contributed by atoms with Crippen molar-refractivity contribution in [1.82, 2.24) is 0 Å². The molecule has 136 valence electrons. The van der Waals surface area contributed by atoms with Crippen molar-refractivity contribution in [2.24, 2.45) is 5.41 Å². The van der Waals surface area contributed by atoms with E-state index < -0.39 is 0 Å². The largest absolute Gasteiger partial charge is 0.372 e. The van der Waals surface area contributed by atoms with Gasteiger partial charge in [-0.15, -0.1) is 12.4 Å². The predicted molar refractivity (Wildman–Crippen MR) is 110 cm³/mol. The molecule has 1 aliphatic carbocycles. The molecular weight excluding hydrogens is 367 g/mol. The number of carbonyl (C=O) groups is 1. The lowest BCUT2D eigenvalue weighted by Crippen LogP contribution is -2.31. The number of ketones is 1. The van der Waals surface area contributed by atoms with Crippen molar-refractivity contribution in [3.8, 4) is 0 Å². The van der Waals surface area contributed by atoms with Crippen molar-refractivity contribution in [1.29, 1.82) is 0 Å². The molecule has 1 unspecified atom stereocenters. The minimum atomic E-state index is -0.247. The zero-order valence-electron chi connectivity index (χ0n) is 14.8. The van der Waals surface area contributed by atoms with Crippen molar-refractivity contribution >= 4 is 41.2 Å². The Morgan fingerprint density at radius 3 is 2.38 bits per heavy atom. The van der Waals surface area contributed by atoms with E-state index in [1.165, 1.54) is 0 Å². The fourth-order valence-electron chi connectivity index (χ4n) is 3.83. The molecule has 0 spiro atoms. The van der Waals surface area contributed by atoms with E-state index >= 15 is 0 Å². The second kappa shape index (κ2) is 6.98. The van der Waals surface area contributed by atoms with Gasteiger partial charge in [0.2, 0.25) is 0 Å². The number of fused-ring (bicyclic) bond motifs is 1. The molecule has 0 amide bonds. The molecule has 0 bridgehead atoms. The molecule has 0 saturated carbocycles. The smallest absolute Gasteiger partial charge is 0.163 e. The van der Waals surface area contributed by atoms with Crippen LogP contribution in [0.25, 0.3) is 0 Å². The fourth-order valence-corrected chi connectivity index (χ4v) is 4.08. The third kappa shape index (κ3) is 3.34. The van der Waals surface area contributed by atoms with Gasteiger partial charge >= 0.3 is 0 Å². The van der Waals surface area contributed by atoms with E-state index in [4.69, 9.17) is 11.6 Å². The van der Waals surface area contributed by atoms with Crippen LogP contribution in [0.15, 0.2) is 59.8 Å². The second-order valence-corrected chi connectivity index (χ2v) is 8.01. The summed E-state index contributed by atoms with van der Waals surface area (Å²) in [6.45, 7) is 4.29. The van der Waals surface area contributed by atoms with Crippen LogP contribution in [0.4, 0.5) is 11.4 Å². The first-order valence-corrected chi connectivity index (χ1v) is 8.96. The molecule has 2 aromatic carbocycles. The SMILES string of the molecule is CC1(C)CC(=O)C2=C(C1)Nc1ccccc1NC2c1ccccc1Cl.Cl. The Bertz CT molecular complexity index is 889. The molecule has 0 radical (unpaired) electrons. The van der Waals surface area contributed by atoms with E-state index in [-0.39, 0.29) is 29.6 Å². The van der Waals surface area contributed by atoms with Crippen molar-refractivity contribution in [2.45, 2.75) is 32.7 Å². The van der Waals surface area contributed by atoms with Crippen LogP contribution in [0.3, 0.4) is 0 Å². The summed E-state index contributed by atoms with van der Waals surface area (Å²) in [5.41, 5.74) is 4.67. The topological polar surface area (TPSA) is 41.1 Å². The number of rotatable bonds is 1. The first kappa shape index (κ1) is 18.8. The van der Waals surface area contributed by atoms with Gasteiger partial charge in [-0.1, -0.05) is 55.8 Å². The van der Waals surface area contributed by atoms with Gasteiger partial charge in [0.1, 0.15) is 0 Å². The molecule has 4 rings (SSSR count). The fraction of sp³-hybridized carbons (Fsp3) is 0.286. The Morgan fingerprint density at radius 1 is 1.00 bits per heavy atom. The highest BCUT2D eigenvalue weighted by atomic mass is 35.5. The van der Waals surface area contributed by atoms with Crippen LogP contribution < -0.4 is 10.6 Å². The summed E-state index contributed by atoms with van der Waals surface area (Å²) >= 11 is 6.48. The average Bonchev–Trinajstić information content (AvgIpc) is 2.70. The molecule has 5 heteroatoms. The lowest BCUT2D eigenvalue weighted by molar-refractivity contribution is -0.118. The number of allylic oxidation sites excluding steroid dienone is 1. The Labute approximate surface area is 165 Å². The number of nitrogens with one attached hydrogen (secondary N) is 2. The molecule has 26 heavy (non-hydrogen) atoms. The van der Waals surface area contributed by atoms with E-state index in [2.05, 4.69) is 24.5 Å². The molecule has 3 nitrogen and oxygen atoms in total. The maximum Gasteiger partial charge on any atom is 0.163 e.